The summed E-state index contributed by atoms with van der Waals surface area (Å²) in [5, 5.41) is 6.67. The van der Waals surface area contributed by atoms with Gasteiger partial charge in [-0.25, -0.2) is 9.97 Å². The van der Waals surface area contributed by atoms with Gasteiger partial charge in [-0.05, 0) is 74.9 Å². The highest BCUT2D eigenvalue weighted by molar-refractivity contribution is 7.17. The van der Waals surface area contributed by atoms with Crippen LogP contribution in [0.3, 0.4) is 0 Å². The minimum Gasteiger partial charge on any atom is -0.369 e. The van der Waals surface area contributed by atoms with Crippen LogP contribution in [0, 0.1) is 0 Å². The van der Waals surface area contributed by atoms with Gasteiger partial charge in [-0.1, -0.05) is 36.4 Å². The van der Waals surface area contributed by atoms with E-state index in [0.29, 0.717) is 10.8 Å². The van der Waals surface area contributed by atoms with Crippen molar-refractivity contribution in [3.05, 3.63) is 89.4 Å². The number of anilines is 3. The first-order valence-electron chi connectivity index (χ1n) is 14.4. The molecule has 0 radical (unpaired) electrons. The zero-order chi connectivity index (χ0) is 28.0. The van der Waals surface area contributed by atoms with E-state index in [-0.39, 0.29) is 11.9 Å². The largest absolute Gasteiger partial charge is 0.369 e. The second kappa shape index (κ2) is 12.8. The Morgan fingerprint density at radius 1 is 0.927 bits per heavy atom. The van der Waals surface area contributed by atoms with E-state index < -0.39 is 0 Å². The molecule has 9 heteroatoms. The normalized spacial score (nSPS) is 17.0. The van der Waals surface area contributed by atoms with Gasteiger partial charge >= 0.3 is 0 Å². The van der Waals surface area contributed by atoms with Gasteiger partial charge in [-0.2, -0.15) is 0 Å². The summed E-state index contributed by atoms with van der Waals surface area (Å²) in [4.78, 5) is 31.4. The second-order valence-corrected chi connectivity index (χ2v) is 11.9. The fraction of sp³-hybridized carbons (Fsp3) is 0.344. The zero-order valence-corrected chi connectivity index (χ0v) is 24.3. The van der Waals surface area contributed by atoms with Gasteiger partial charge in [-0.3, -0.25) is 4.79 Å². The summed E-state index contributed by atoms with van der Waals surface area (Å²) in [5.41, 5.74) is 4.08. The van der Waals surface area contributed by atoms with Crippen LogP contribution in [0.25, 0.3) is 10.6 Å². The lowest BCUT2D eigenvalue weighted by Gasteiger charge is -2.34. The second-order valence-electron chi connectivity index (χ2n) is 10.8. The molecule has 4 aromatic rings. The van der Waals surface area contributed by atoms with E-state index in [2.05, 4.69) is 67.7 Å². The molecule has 6 rings (SSSR count). The van der Waals surface area contributed by atoms with Crippen LogP contribution >= 0.6 is 11.3 Å². The predicted octanol–water partition coefficient (Wildman–Crippen LogP) is 5.27. The third kappa shape index (κ3) is 6.93. The Balaban J connectivity index is 1.13. The van der Waals surface area contributed by atoms with Crippen LogP contribution in [0.2, 0.25) is 0 Å². The third-order valence-electron chi connectivity index (χ3n) is 7.86. The van der Waals surface area contributed by atoms with Gasteiger partial charge in [0, 0.05) is 50.3 Å². The number of hydrogen-bond donors (Lipinski definition) is 2. The van der Waals surface area contributed by atoms with Gasteiger partial charge in [0.2, 0.25) is 5.95 Å². The monoisotopic (exact) mass is 567 g/mol. The summed E-state index contributed by atoms with van der Waals surface area (Å²) in [7, 11) is 2.17. The lowest BCUT2D eigenvalue weighted by atomic mass is 10.1. The molecule has 8 nitrogen and oxygen atoms in total. The molecule has 0 saturated carbocycles. The Kier molecular flexibility index (Phi) is 8.55. The van der Waals surface area contributed by atoms with Gasteiger partial charge in [0.15, 0.2) is 0 Å². The van der Waals surface area contributed by atoms with Crippen molar-refractivity contribution in [3.63, 3.8) is 0 Å². The van der Waals surface area contributed by atoms with Crippen LogP contribution in [0.15, 0.2) is 79.0 Å². The van der Waals surface area contributed by atoms with Gasteiger partial charge in [-0.15, -0.1) is 11.3 Å². The number of nitrogens with zero attached hydrogens (tertiary/aromatic N) is 5. The fourth-order valence-electron chi connectivity index (χ4n) is 5.50. The number of nitrogens with one attached hydrogen (secondary N) is 2. The fourth-order valence-corrected chi connectivity index (χ4v) is 6.38. The molecule has 2 N–H and O–H groups in total. The lowest BCUT2D eigenvalue weighted by Crippen LogP contribution is -2.44. The van der Waals surface area contributed by atoms with Crippen LogP contribution in [0.5, 0.6) is 0 Å². The van der Waals surface area contributed by atoms with E-state index in [0.717, 1.165) is 67.6 Å². The summed E-state index contributed by atoms with van der Waals surface area (Å²) in [6.45, 7) is 7.17. The molecule has 212 valence electrons. The maximum Gasteiger partial charge on any atom is 0.261 e. The first-order valence-corrected chi connectivity index (χ1v) is 15.2. The first kappa shape index (κ1) is 27.4. The average molecular weight is 568 g/mol. The quantitative estimate of drug-likeness (QED) is 0.286. The molecule has 0 spiro atoms. The molecule has 0 aliphatic carbocycles. The molecule has 2 aliphatic heterocycles. The van der Waals surface area contributed by atoms with Crippen molar-refractivity contribution in [2.75, 3.05) is 63.1 Å². The Labute approximate surface area is 246 Å². The van der Waals surface area contributed by atoms with Gasteiger partial charge in [0.1, 0.15) is 0 Å². The number of amides is 1. The van der Waals surface area contributed by atoms with E-state index in [1.165, 1.54) is 29.9 Å². The van der Waals surface area contributed by atoms with Crippen molar-refractivity contribution >= 4 is 34.6 Å². The molecule has 2 saturated heterocycles. The van der Waals surface area contributed by atoms with Crippen molar-refractivity contribution in [1.82, 2.24) is 25.1 Å². The molecule has 2 aromatic carbocycles. The summed E-state index contributed by atoms with van der Waals surface area (Å²) in [6.07, 6.45) is 4.21. The summed E-state index contributed by atoms with van der Waals surface area (Å²) < 4.78 is 0. The number of likely N-dealkylation sites (tertiary alicyclic amines) is 1. The van der Waals surface area contributed by atoms with Crippen molar-refractivity contribution in [2.45, 2.75) is 18.9 Å². The molecule has 2 fully saturated rings. The number of thiophene rings is 1. The van der Waals surface area contributed by atoms with Crippen LogP contribution < -0.4 is 15.5 Å². The molecule has 2 aliphatic rings. The van der Waals surface area contributed by atoms with Crippen LogP contribution in [-0.2, 0) is 0 Å². The number of hydrogen-bond acceptors (Lipinski definition) is 8. The lowest BCUT2D eigenvalue weighted by molar-refractivity contribution is 0.0931. The first-order chi connectivity index (χ1) is 20.1. The number of rotatable bonds is 9. The minimum atomic E-state index is -0.0533. The molecule has 1 unspecified atom stereocenters. The molecule has 4 heterocycles. The Hall–Kier alpha value is -3.79. The molecular formula is C32H37N7OS. The summed E-state index contributed by atoms with van der Waals surface area (Å²) in [5.74, 6) is 0.481. The summed E-state index contributed by atoms with van der Waals surface area (Å²) >= 11 is 1.46. The standard InChI is InChI=1S/C32H37N7OS/c1-37-18-20-39(21-19-37)26-11-7-10-25(22-26)34-32-33-15-14-27(36-32)29-12-13-30(41-29)31(40)35-28(23-38-16-5-6-17-38)24-8-3-2-4-9-24/h2-4,7-15,22,28H,5-6,16-21,23H2,1H3,(H,35,40)(H,33,34,36). The topological polar surface area (TPSA) is 76.6 Å². The zero-order valence-electron chi connectivity index (χ0n) is 23.5. The molecule has 2 aromatic heterocycles. The number of carbonyl (C=O) groups excluding carboxylic acids is 1. The Bertz CT molecular complexity index is 1450. The van der Waals surface area contributed by atoms with Crippen molar-refractivity contribution in [3.8, 4) is 10.6 Å². The number of likely N-dealkylation sites (N-methyl/N-ethyl adjacent to an activating group) is 1. The van der Waals surface area contributed by atoms with E-state index >= 15 is 0 Å². The molecular weight excluding hydrogens is 530 g/mol. The van der Waals surface area contributed by atoms with Crippen LogP contribution in [0.4, 0.5) is 17.3 Å². The molecule has 1 atom stereocenters. The van der Waals surface area contributed by atoms with E-state index in [1.807, 2.05) is 42.5 Å². The SMILES string of the molecule is CN1CCN(c2cccc(Nc3nccc(-c4ccc(C(=O)NC(CN5CCCC5)c5ccccc5)s4)n3)c2)CC1. The molecule has 1 amide bonds. The Morgan fingerprint density at radius 2 is 1.73 bits per heavy atom. The average Bonchev–Trinajstić information content (AvgIpc) is 3.71. The molecule has 0 bridgehead atoms. The van der Waals surface area contributed by atoms with Crippen molar-refractivity contribution in [2.24, 2.45) is 0 Å². The number of carbonyl (C=O) groups is 1. The smallest absolute Gasteiger partial charge is 0.261 e. The van der Waals surface area contributed by atoms with Gasteiger partial charge in [0.05, 0.1) is 21.5 Å². The van der Waals surface area contributed by atoms with Gasteiger partial charge in [0.25, 0.3) is 5.91 Å². The summed E-state index contributed by atoms with van der Waals surface area (Å²) in [6, 6.07) is 24.4. The maximum atomic E-state index is 13.4. The predicted molar refractivity (Wildman–Crippen MR) is 167 cm³/mol. The molecule has 41 heavy (non-hydrogen) atoms. The Morgan fingerprint density at radius 3 is 2.54 bits per heavy atom. The highest BCUT2D eigenvalue weighted by Gasteiger charge is 2.22. The van der Waals surface area contributed by atoms with Gasteiger partial charge < -0.3 is 25.3 Å². The van der Waals surface area contributed by atoms with E-state index in [9.17, 15) is 4.79 Å². The van der Waals surface area contributed by atoms with Crippen LogP contribution in [0.1, 0.15) is 34.1 Å². The van der Waals surface area contributed by atoms with Crippen LogP contribution in [-0.4, -0.2) is 78.5 Å². The third-order valence-corrected chi connectivity index (χ3v) is 8.96. The van der Waals surface area contributed by atoms with E-state index in [1.54, 1.807) is 6.20 Å². The van der Waals surface area contributed by atoms with Crippen molar-refractivity contribution in [1.29, 1.82) is 0 Å². The number of piperazine rings is 1. The van der Waals surface area contributed by atoms with E-state index in [4.69, 9.17) is 4.98 Å². The number of benzene rings is 2. The number of aromatic nitrogens is 2. The minimum absolute atomic E-state index is 0.0520. The highest BCUT2D eigenvalue weighted by atomic mass is 32.1. The van der Waals surface area contributed by atoms with Crippen molar-refractivity contribution < 1.29 is 4.79 Å². The maximum absolute atomic E-state index is 13.4. The highest BCUT2D eigenvalue weighted by Crippen LogP contribution is 2.29.